The first-order chi connectivity index (χ1) is 15.9. The van der Waals surface area contributed by atoms with Gasteiger partial charge in [-0.05, 0) is 47.5 Å². The van der Waals surface area contributed by atoms with Gasteiger partial charge >= 0.3 is 0 Å². The van der Waals surface area contributed by atoms with E-state index in [1.54, 1.807) is 0 Å². The fourth-order valence-corrected chi connectivity index (χ4v) is 5.06. The lowest BCUT2D eigenvalue weighted by Crippen LogP contribution is -1.96. The van der Waals surface area contributed by atoms with E-state index in [1.807, 2.05) is 6.07 Å². The number of para-hydroxylation sites is 3. The number of rotatable bonds is 1. The molecule has 1 aliphatic heterocycles. The van der Waals surface area contributed by atoms with Crippen molar-refractivity contribution in [2.24, 2.45) is 0 Å². The zero-order chi connectivity index (χ0) is 21.1. The minimum Gasteiger partial charge on any atom is -0.456 e. The van der Waals surface area contributed by atoms with E-state index in [-0.39, 0.29) is 0 Å². The van der Waals surface area contributed by atoms with Gasteiger partial charge in [0.1, 0.15) is 11.5 Å². The van der Waals surface area contributed by atoms with Crippen molar-refractivity contribution in [3.05, 3.63) is 115 Å². The topological polar surface area (TPSA) is 14.2 Å². The Hall–Kier alpha value is -4.30. The molecule has 5 aromatic carbocycles. The molecule has 1 aliphatic rings. The van der Waals surface area contributed by atoms with Gasteiger partial charge in [0.2, 0.25) is 0 Å². The summed E-state index contributed by atoms with van der Waals surface area (Å²) in [6.45, 7) is 0. The van der Waals surface area contributed by atoms with Crippen molar-refractivity contribution in [2.45, 2.75) is 0 Å². The monoisotopic (exact) mass is 409 g/mol. The van der Waals surface area contributed by atoms with Crippen molar-refractivity contribution in [3.63, 3.8) is 0 Å². The molecule has 0 radical (unpaired) electrons. The third-order valence-corrected chi connectivity index (χ3v) is 6.41. The van der Waals surface area contributed by atoms with Crippen LogP contribution in [0.5, 0.6) is 11.5 Å². The minimum atomic E-state index is 0.884. The van der Waals surface area contributed by atoms with Crippen molar-refractivity contribution in [2.75, 3.05) is 0 Å². The molecule has 0 bridgehead atoms. The van der Waals surface area contributed by atoms with Crippen molar-refractivity contribution < 1.29 is 4.74 Å². The van der Waals surface area contributed by atoms with Gasteiger partial charge in [-0.25, -0.2) is 0 Å². The first-order valence-corrected chi connectivity index (χ1v) is 10.9. The van der Waals surface area contributed by atoms with Gasteiger partial charge in [0.05, 0.1) is 11.0 Å². The molecule has 7 rings (SSSR count). The van der Waals surface area contributed by atoms with Gasteiger partial charge in [0.15, 0.2) is 0 Å². The van der Waals surface area contributed by atoms with Gasteiger partial charge in [0.25, 0.3) is 0 Å². The quantitative estimate of drug-likeness (QED) is 0.266. The van der Waals surface area contributed by atoms with Crippen LogP contribution in [0.25, 0.3) is 49.7 Å². The number of hydrogen-bond acceptors (Lipinski definition) is 1. The summed E-state index contributed by atoms with van der Waals surface area (Å²) in [6, 6.07) is 40.5. The maximum Gasteiger partial charge on any atom is 0.137 e. The normalized spacial score (nSPS) is 12.0. The van der Waals surface area contributed by atoms with E-state index in [2.05, 4.69) is 114 Å². The van der Waals surface area contributed by atoms with Gasteiger partial charge in [-0.1, -0.05) is 78.9 Å². The molecule has 0 unspecified atom stereocenters. The molecule has 150 valence electrons. The average Bonchev–Trinajstić information content (AvgIpc) is 3.11. The molecule has 0 atom stereocenters. The molecule has 0 N–H and O–H groups in total. The predicted molar refractivity (Wildman–Crippen MR) is 132 cm³/mol. The van der Waals surface area contributed by atoms with Gasteiger partial charge in [0, 0.05) is 27.6 Å². The maximum atomic E-state index is 6.57. The van der Waals surface area contributed by atoms with Crippen LogP contribution in [-0.2, 0) is 0 Å². The number of benzene rings is 5. The molecule has 0 spiro atoms. The Bertz CT molecular complexity index is 1640. The molecular formula is C30H19NO. The fraction of sp³-hybridized carbons (Fsp3) is 0. The van der Waals surface area contributed by atoms with Gasteiger partial charge in [-0.15, -0.1) is 0 Å². The Morgan fingerprint density at radius 2 is 1.16 bits per heavy atom. The lowest BCUT2D eigenvalue weighted by atomic mass is 9.93. The number of fused-ring (bicyclic) bond motifs is 9. The molecule has 6 aromatic rings. The van der Waals surface area contributed by atoms with E-state index >= 15 is 0 Å². The standard InChI is InChI=1S/C30H19NO/c1-2-10-20(11-3-1)31-26-16-8-6-13-22(26)25-18-19-28-29(30(25)31)24-15-5-4-12-21(24)23-14-7-9-17-27(23)32-28/h1-19H. The van der Waals surface area contributed by atoms with Crippen LogP contribution < -0.4 is 4.74 Å². The zero-order valence-electron chi connectivity index (χ0n) is 17.3. The van der Waals surface area contributed by atoms with Crippen LogP contribution in [0.1, 0.15) is 0 Å². The Labute approximate surface area is 185 Å². The highest BCUT2D eigenvalue weighted by molar-refractivity contribution is 6.16. The van der Waals surface area contributed by atoms with E-state index in [1.165, 1.54) is 32.9 Å². The van der Waals surface area contributed by atoms with Gasteiger partial charge in [-0.3, -0.25) is 0 Å². The first-order valence-electron chi connectivity index (χ1n) is 10.9. The second-order valence-electron chi connectivity index (χ2n) is 8.17. The Kier molecular flexibility index (Phi) is 3.58. The molecule has 0 saturated heterocycles. The molecular weight excluding hydrogens is 390 g/mol. The van der Waals surface area contributed by atoms with Crippen LogP contribution in [0.3, 0.4) is 0 Å². The average molecular weight is 409 g/mol. The molecule has 2 heteroatoms. The fourth-order valence-electron chi connectivity index (χ4n) is 5.06. The van der Waals surface area contributed by atoms with Crippen molar-refractivity contribution in [3.8, 4) is 39.4 Å². The summed E-state index contributed by atoms with van der Waals surface area (Å²) in [5, 5.41) is 2.47. The number of aromatic nitrogens is 1. The second kappa shape index (κ2) is 6.60. The Balaban J connectivity index is 1.71. The zero-order valence-corrected chi connectivity index (χ0v) is 17.3. The summed E-state index contributed by atoms with van der Waals surface area (Å²) in [6.07, 6.45) is 0. The SMILES string of the molecule is c1ccc(-n2c3ccccc3c3ccc4c(c32)-c2ccccc2-c2ccccc2O4)cc1. The summed E-state index contributed by atoms with van der Waals surface area (Å²) in [4.78, 5) is 0. The third-order valence-electron chi connectivity index (χ3n) is 6.41. The van der Waals surface area contributed by atoms with Crippen LogP contribution in [0, 0.1) is 0 Å². The molecule has 1 aromatic heterocycles. The van der Waals surface area contributed by atoms with Crippen LogP contribution in [0.2, 0.25) is 0 Å². The Morgan fingerprint density at radius 1 is 0.469 bits per heavy atom. The van der Waals surface area contributed by atoms with Crippen molar-refractivity contribution in [1.82, 2.24) is 4.57 Å². The molecule has 0 aliphatic carbocycles. The summed E-state index contributed by atoms with van der Waals surface area (Å²) in [5.74, 6) is 1.77. The summed E-state index contributed by atoms with van der Waals surface area (Å²) >= 11 is 0. The van der Waals surface area contributed by atoms with Crippen molar-refractivity contribution >= 4 is 21.8 Å². The van der Waals surface area contributed by atoms with E-state index in [9.17, 15) is 0 Å². The van der Waals surface area contributed by atoms with Crippen LogP contribution in [0.15, 0.2) is 115 Å². The molecule has 2 heterocycles. The smallest absolute Gasteiger partial charge is 0.137 e. The summed E-state index contributed by atoms with van der Waals surface area (Å²) < 4.78 is 8.94. The predicted octanol–water partition coefficient (Wildman–Crippen LogP) is 8.22. The number of hydrogen-bond donors (Lipinski definition) is 0. The highest BCUT2D eigenvalue weighted by atomic mass is 16.5. The lowest BCUT2D eigenvalue weighted by molar-refractivity contribution is 0.488. The lowest BCUT2D eigenvalue weighted by Gasteiger charge is -2.14. The highest BCUT2D eigenvalue weighted by Crippen LogP contribution is 2.50. The van der Waals surface area contributed by atoms with E-state index in [4.69, 9.17) is 4.74 Å². The van der Waals surface area contributed by atoms with E-state index < -0.39 is 0 Å². The third kappa shape index (κ3) is 2.35. The van der Waals surface area contributed by atoms with Crippen LogP contribution >= 0.6 is 0 Å². The molecule has 32 heavy (non-hydrogen) atoms. The van der Waals surface area contributed by atoms with Gasteiger partial charge in [-0.2, -0.15) is 0 Å². The van der Waals surface area contributed by atoms with E-state index in [0.29, 0.717) is 0 Å². The Morgan fingerprint density at radius 3 is 2.03 bits per heavy atom. The highest BCUT2D eigenvalue weighted by Gasteiger charge is 2.25. The molecule has 0 saturated carbocycles. The minimum absolute atomic E-state index is 0.884. The number of nitrogens with zero attached hydrogens (tertiary/aromatic N) is 1. The summed E-state index contributed by atoms with van der Waals surface area (Å²) in [7, 11) is 0. The second-order valence-corrected chi connectivity index (χ2v) is 8.17. The van der Waals surface area contributed by atoms with Crippen LogP contribution in [0.4, 0.5) is 0 Å². The first kappa shape index (κ1) is 17.4. The molecule has 0 amide bonds. The summed E-state index contributed by atoms with van der Waals surface area (Å²) in [5.41, 5.74) is 8.16. The van der Waals surface area contributed by atoms with Crippen LogP contribution in [-0.4, -0.2) is 4.57 Å². The molecule has 2 nitrogen and oxygen atoms in total. The number of ether oxygens (including phenoxy) is 1. The van der Waals surface area contributed by atoms with Gasteiger partial charge < -0.3 is 9.30 Å². The largest absolute Gasteiger partial charge is 0.456 e. The van der Waals surface area contributed by atoms with E-state index in [0.717, 1.165) is 28.3 Å². The maximum absolute atomic E-state index is 6.57. The van der Waals surface area contributed by atoms with Crippen molar-refractivity contribution in [1.29, 1.82) is 0 Å². The molecule has 0 fully saturated rings.